The van der Waals surface area contributed by atoms with E-state index < -0.39 is 4.92 Å². The van der Waals surface area contributed by atoms with E-state index in [1.54, 1.807) is 24.3 Å². The number of hydrogen-bond acceptors (Lipinski definition) is 3. The smallest absolute Gasteiger partial charge is 0.235 e. The molecule has 7 heteroatoms. The van der Waals surface area contributed by atoms with Crippen molar-refractivity contribution in [2.24, 2.45) is 0 Å². The van der Waals surface area contributed by atoms with Gasteiger partial charge in [0, 0.05) is 11.1 Å². The third-order valence-electron chi connectivity index (χ3n) is 2.71. The zero-order valence-electron chi connectivity index (χ0n) is 11.1. The molecule has 0 fully saturated rings. The van der Waals surface area contributed by atoms with Gasteiger partial charge in [-0.25, -0.2) is 0 Å². The van der Waals surface area contributed by atoms with Crippen molar-refractivity contribution < 1.29 is 9.66 Å². The molecule has 2 rings (SSSR count). The Morgan fingerprint density at radius 3 is 2.23 bits per heavy atom. The zero-order valence-corrected chi connectivity index (χ0v) is 13.4. The van der Waals surface area contributed by atoms with Gasteiger partial charge < -0.3 is 4.74 Å². The predicted molar refractivity (Wildman–Crippen MR) is 88.3 cm³/mol. The van der Waals surface area contributed by atoms with Crippen molar-refractivity contribution >= 4 is 40.9 Å². The van der Waals surface area contributed by atoms with Gasteiger partial charge in [0.05, 0.1) is 15.0 Å². The van der Waals surface area contributed by atoms with Crippen molar-refractivity contribution in [2.75, 3.05) is 0 Å². The van der Waals surface area contributed by atoms with Crippen LogP contribution in [0.4, 0.5) is 0 Å². The van der Waals surface area contributed by atoms with E-state index in [9.17, 15) is 10.1 Å². The zero-order chi connectivity index (χ0) is 16.1. The molecule has 0 aromatic heterocycles. The van der Waals surface area contributed by atoms with Crippen LogP contribution in [0, 0.1) is 10.1 Å². The highest BCUT2D eigenvalue weighted by Gasteiger charge is 2.10. The van der Waals surface area contributed by atoms with E-state index in [4.69, 9.17) is 39.5 Å². The fourth-order valence-corrected chi connectivity index (χ4v) is 2.44. The van der Waals surface area contributed by atoms with Crippen molar-refractivity contribution in [3.05, 3.63) is 78.9 Å². The Bertz CT molecular complexity index is 691. The minimum atomic E-state index is -0.563. The van der Waals surface area contributed by atoms with Crippen LogP contribution >= 0.6 is 34.8 Å². The number of nitro groups is 1. The number of hydrogen-bond donors (Lipinski definition) is 0. The standard InChI is InChI=1S/C15H10Cl3NO3/c16-12-3-1-10(2-4-12)9-22-15-13(17)7-11(8-14(15)18)5-6-19(20)21/h1-8H,9H2. The highest BCUT2D eigenvalue weighted by molar-refractivity contribution is 6.37. The predicted octanol–water partition coefficient (Wildman–Crippen LogP) is 5.47. The largest absolute Gasteiger partial charge is 0.486 e. The third kappa shape index (κ3) is 4.63. The summed E-state index contributed by atoms with van der Waals surface area (Å²) in [6.07, 6.45) is 2.12. The molecular weight excluding hydrogens is 349 g/mol. The number of benzene rings is 2. The van der Waals surface area contributed by atoms with E-state index in [1.807, 2.05) is 12.1 Å². The lowest BCUT2D eigenvalue weighted by molar-refractivity contribution is -0.400. The van der Waals surface area contributed by atoms with E-state index in [1.165, 1.54) is 6.08 Å². The summed E-state index contributed by atoms with van der Waals surface area (Å²) in [5.41, 5.74) is 1.43. The van der Waals surface area contributed by atoms with Gasteiger partial charge in [-0.3, -0.25) is 10.1 Å². The summed E-state index contributed by atoms with van der Waals surface area (Å²) in [4.78, 5) is 9.75. The van der Waals surface area contributed by atoms with Gasteiger partial charge in [0.1, 0.15) is 6.61 Å². The van der Waals surface area contributed by atoms with Crippen LogP contribution in [0.25, 0.3) is 6.08 Å². The van der Waals surface area contributed by atoms with Gasteiger partial charge in [-0.2, -0.15) is 0 Å². The van der Waals surface area contributed by atoms with Gasteiger partial charge in [0.2, 0.25) is 6.20 Å². The summed E-state index contributed by atoms with van der Waals surface area (Å²) in [6, 6.07) is 10.3. The van der Waals surface area contributed by atoms with Gasteiger partial charge in [0.15, 0.2) is 5.75 Å². The molecule has 0 N–H and O–H groups in total. The first-order valence-electron chi connectivity index (χ1n) is 6.13. The number of rotatable bonds is 5. The van der Waals surface area contributed by atoms with Gasteiger partial charge in [-0.1, -0.05) is 46.9 Å². The molecule has 0 bridgehead atoms. The van der Waals surface area contributed by atoms with E-state index in [0.717, 1.165) is 11.8 Å². The lowest BCUT2D eigenvalue weighted by Gasteiger charge is -2.11. The Balaban J connectivity index is 2.14. The van der Waals surface area contributed by atoms with Crippen molar-refractivity contribution in [3.8, 4) is 5.75 Å². The maximum absolute atomic E-state index is 10.3. The summed E-state index contributed by atoms with van der Waals surface area (Å²) < 4.78 is 5.61. The van der Waals surface area contributed by atoms with Crippen molar-refractivity contribution in [1.82, 2.24) is 0 Å². The van der Waals surface area contributed by atoms with E-state index >= 15 is 0 Å². The van der Waals surface area contributed by atoms with Gasteiger partial charge in [0.25, 0.3) is 0 Å². The summed E-state index contributed by atoms with van der Waals surface area (Å²) >= 11 is 18.0. The fraction of sp³-hybridized carbons (Fsp3) is 0.0667. The van der Waals surface area contributed by atoms with Gasteiger partial charge in [-0.05, 0) is 35.4 Å². The van der Waals surface area contributed by atoms with Gasteiger partial charge >= 0.3 is 0 Å². The van der Waals surface area contributed by atoms with Crippen LogP contribution in [0.5, 0.6) is 5.75 Å². The van der Waals surface area contributed by atoms with Crippen LogP contribution in [-0.4, -0.2) is 4.92 Å². The minimum absolute atomic E-state index is 0.278. The van der Waals surface area contributed by atoms with Crippen LogP contribution in [0.3, 0.4) is 0 Å². The summed E-state index contributed by atoms with van der Waals surface area (Å²) in [5, 5.41) is 11.5. The second-order valence-electron chi connectivity index (χ2n) is 4.33. The summed E-state index contributed by atoms with van der Waals surface area (Å²) in [5.74, 6) is 0.330. The Kier molecular flexibility index (Phi) is 5.66. The molecule has 0 amide bonds. The second kappa shape index (κ2) is 7.49. The van der Waals surface area contributed by atoms with Crippen molar-refractivity contribution in [3.63, 3.8) is 0 Å². The number of ether oxygens (including phenoxy) is 1. The number of nitrogens with zero attached hydrogens (tertiary/aromatic N) is 1. The maximum Gasteiger partial charge on any atom is 0.235 e. The quantitative estimate of drug-likeness (QED) is 0.526. The average Bonchev–Trinajstić information content (AvgIpc) is 2.46. The fourth-order valence-electron chi connectivity index (χ4n) is 1.70. The van der Waals surface area contributed by atoms with Crippen LogP contribution in [0.1, 0.15) is 11.1 Å². The molecule has 22 heavy (non-hydrogen) atoms. The van der Waals surface area contributed by atoms with Crippen LogP contribution in [-0.2, 0) is 6.61 Å². The van der Waals surface area contributed by atoms with Crippen molar-refractivity contribution in [1.29, 1.82) is 0 Å². The normalized spacial score (nSPS) is 10.9. The third-order valence-corrected chi connectivity index (χ3v) is 3.52. The Labute approximate surface area is 142 Å². The first-order valence-corrected chi connectivity index (χ1v) is 7.27. The van der Waals surface area contributed by atoms with E-state index in [2.05, 4.69) is 0 Å². The van der Waals surface area contributed by atoms with E-state index in [0.29, 0.717) is 16.3 Å². The lowest BCUT2D eigenvalue weighted by Crippen LogP contribution is -1.97. The second-order valence-corrected chi connectivity index (χ2v) is 5.58. The Hall–Kier alpha value is -1.75. The molecule has 2 aromatic rings. The molecule has 0 spiro atoms. The van der Waals surface area contributed by atoms with Gasteiger partial charge in [-0.15, -0.1) is 0 Å². The monoisotopic (exact) mass is 357 g/mol. The molecule has 0 aliphatic carbocycles. The maximum atomic E-state index is 10.3. The molecular formula is C15H10Cl3NO3. The molecule has 0 saturated heterocycles. The molecule has 0 saturated carbocycles. The molecule has 0 aliphatic rings. The first kappa shape index (κ1) is 16.6. The minimum Gasteiger partial charge on any atom is -0.486 e. The molecule has 114 valence electrons. The Morgan fingerprint density at radius 1 is 1.09 bits per heavy atom. The molecule has 2 aromatic carbocycles. The molecule has 0 radical (unpaired) electrons. The van der Waals surface area contributed by atoms with Crippen LogP contribution < -0.4 is 4.74 Å². The SMILES string of the molecule is O=[N+]([O-])C=Cc1cc(Cl)c(OCc2ccc(Cl)cc2)c(Cl)c1. The van der Waals surface area contributed by atoms with Crippen LogP contribution in [0.2, 0.25) is 15.1 Å². The number of halogens is 3. The highest BCUT2D eigenvalue weighted by atomic mass is 35.5. The first-order chi connectivity index (χ1) is 10.5. The van der Waals surface area contributed by atoms with Crippen LogP contribution in [0.15, 0.2) is 42.6 Å². The van der Waals surface area contributed by atoms with Crippen molar-refractivity contribution in [2.45, 2.75) is 6.61 Å². The summed E-state index contributed by atoms with van der Waals surface area (Å²) in [6.45, 7) is 0.278. The molecule has 4 nitrogen and oxygen atoms in total. The molecule has 0 heterocycles. The van der Waals surface area contributed by atoms with E-state index in [-0.39, 0.29) is 16.7 Å². The average molecular weight is 359 g/mol. The topological polar surface area (TPSA) is 52.4 Å². The Morgan fingerprint density at radius 2 is 1.68 bits per heavy atom. The molecule has 0 unspecified atom stereocenters. The highest BCUT2D eigenvalue weighted by Crippen LogP contribution is 2.35. The lowest BCUT2D eigenvalue weighted by atomic mass is 10.2. The summed E-state index contributed by atoms with van der Waals surface area (Å²) in [7, 11) is 0. The molecule has 0 aliphatic heterocycles. The molecule has 0 atom stereocenters.